The van der Waals surface area contributed by atoms with E-state index in [1.165, 1.54) is 11.6 Å². The third-order valence-electron chi connectivity index (χ3n) is 2.95. The minimum Gasteiger partial charge on any atom is -0.396 e. The van der Waals surface area contributed by atoms with Gasteiger partial charge in [0.05, 0.1) is 5.69 Å². The molecule has 0 saturated carbocycles. The molecular formula is C15H18N4O. The van der Waals surface area contributed by atoms with Gasteiger partial charge in [-0.05, 0) is 31.0 Å². The highest BCUT2D eigenvalue weighted by Crippen LogP contribution is 2.17. The first-order valence-corrected chi connectivity index (χ1v) is 6.43. The molecule has 2 aromatic rings. The van der Waals surface area contributed by atoms with Gasteiger partial charge in [0.1, 0.15) is 11.5 Å². The SMILES string of the molecule is CC(Cc1ccccc1)Nc1nc(C(N)=O)ccc1N. The predicted molar refractivity (Wildman–Crippen MR) is 80.4 cm³/mol. The van der Waals surface area contributed by atoms with Crippen molar-refractivity contribution in [3.05, 3.63) is 53.7 Å². The lowest BCUT2D eigenvalue weighted by molar-refractivity contribution is 0.0995. The van der Waals surface area contributed by atoms with Gasteiger partial charge in [-0.1, -0.05) is 30.3 Å². The van der Waals surface area contributed by atoms with Gasteiger partial charge in [-0.15, -0.1) is 0 Å². The van der Waals surface area contributed by atoms with Gasteiger partial charge in [-0.2, -0.15) is 0 Å². The first kappa shape index (κ1) is 13.9. The van der Waals surface area contributed by atoms with Crippen LogP contribution in [-0.4, -0.2) is 16.9 Å². The van der Waals surface area contributed by atoms with Gasteiger partial charge in [0.2, 0.25) is 0 Å². The van der Waals surface area contributed by atoms with Gasteiger partial charge in [0, 0.05) is 6.04 Å². The summed E-state index contributed by atoms with van der Waals surface area (Å²) in [6.07, 6.45) is 0.836. The van der Waals surface area contributed by atoms with Crippen molar-refractivity contribution in [2.45, 2.75) is 19.4 Å². The van der Waals surface area contributed by atoms with Crippen molar-refractivity contribution in [3.8, 4) is 0 Å². The Labute approximate surface area is 118 Å². The van der Waals surface area contributed by atoms with Crippen molar-refractivity contribution >= 4 is 17.4 Å². The molecule has 0 spiro atoms. The van der Waals surface area contributed by atoms with E-state index in [1.54, 1.807) is 6.07 Å². The van der Waals surface area contributed by atoms with E-state index in [0.717, 1.165) is 6.42 Å². The molecule has 1 atom stereocenters. The molecule has 5 N–H and O–H groups in total. The Balaban J connectivity index is 2.09. The smallest absolute Gasteiger partial charge is 0.267 e. The third kappa shape index (κ3) is 3.47. The van der Waals surface area contributed by atoms with Gasteiger partial charge in [-0.25, -0.2) is 4.98 Å². The van der Waals surface area contributed by atoms with Crippen LogP contribution in [0.2, 0.25) is 0 Å². The van der Waals surface area contributed by atoms with Crippen LogP contribution in [0.25, 0.3) is 0 Å². The van der Waals surface area contributed by atoms with Gasteiger partial charge in [0.25, 0.3) is 5.91 Å². The molecule has 104 valence electrons. The lowest BCUT2D eigenvalue weighted by Crippen LogP contribution is -2.21. The van der Waals surface area contributed by atoms with E-state index in [0.29, 0.717) is 11.5 Å². The number of amides is 1. The van der Waals surface area contributed by atoms with Crippen LogP contribution in [0.5, 0.6) is 0 Å². The molecule has 0 radical (unpaired) electrons. The fourth-order valence-electron chi connectivity index (χ4n) is 1.97. The average molecular weight is 270 g/mol. The maximum atomic E-state index is 11.1. The standard InChI is InChI=1S/C15H18N4O/c1-10(9-11-5-3-2-4-6-11)18-15-12(16)7-8-13(19-15)14(17)20/h2-8,10H,9,16H2,1H3,(H2,17,20)(H,18,19). The van der Waals surface area contributed by atoms with Crippen molar-refractivity contribution in [3.63, 3.8) is 0 Å². The predicted octanol–water partition coefficient (Wildman–Crippen LogP) is 1.81. The molecule has 5 heteroatoms. The summed E-state index contributed by atoms with van der Waals surface area (Å²) in [5.74, 6) is -0.0755. The highest BCUT2D eigenvalue weighted by atomic mass is 16.1. The van der Waals surface area contributed by atoms with E-state index in [-0.39, 0.29) is 11.7 Å². The Bertz CT molecular complexity index is 598. The number of aromatic nitrogens is 1. The van der Waals surface area contributed by atoms with Crippen molar-refractivity contribution in [2.75, 3.05) is 11.1 Å². The highest BCUT2D eigenvalue weighted by molar-refractivity contribution is 5.91. The van der Waals surface area contributed by atoms with Crippen LogP contribution in [-0.2, 0) is 6.42 Å². The van der Waals surface area contributed by atoms with Gasteiger partial charge >= 0.3 is 0 Å². The molecule has 5 nitrogen and oxygen atoms in total. The minimum atomic E-state index is -0.566. The quantitative estimate of drug-likeness (QED) is 0.772. The number of hydrogen-bond donors (Lipinski definition) is 3. The van der Waals surface area contributed by atoms with E-state index in [1.807, 2.05) is 25.1 Å². The fourth-order valence-corrected chi connectivity index (χ4v) is 1.97. The summed E-state index contributed by atoms with van der Waals surface area (Å²) >= 11 is 0. The van der Waals surface area contributed by atoms with E-state index < -0.39 is 5.91 Å². The molecule has 20 heavy (non-hydrogen) atoms. The zero-order chi connectivity index (χ0) is 14.5. The Morgan fingerprint density at radius 2 is 1.95 bits per heavy atom. The second kappa shape index (κ2) is 6.06. The van der Waals surface area contributed by atoms with Crippen molar-refractivity contribution in [2.24, 2.45) is 5.73 Å². The first-order chi connectivity index (χ1) is 9.56. The summed E-state index contributed by atoms with van der Waals surface area (Å²) < 4.78 is 0. The molecule has 1 amide bonds. The zero-order valence-electron chi connectivity index (χ0n) is 11.3. The Hall–Kier alpha value is -2.56. The number of nitrogens with zero attached hydrogens (tertiary/aromatic N) is 1. The third-order valence-corrected chi connectivity index (χ3v) is 2.95. The average Bonchev–Trinajstić information content (AvgIpc) is 2.42. The number of benzene rings is 1. The number of pyridine rings is 1. The summed E-state index contributed by atoms with van der Waals surface area (Å²) in [5, 5.41) is 3.21. The van der Waals surface area contributed by atoms with Crippen molar-refractivity contribution in [1.82, 2.24) is 4.98 Å². The fraction of sp³-hybridized carbons (Fsp3) is 0.200. The molecule has 0 bridgehead atoms. The summed E-state index contributed by atoms with van der Waals surface area (Å²) in [7, 11) is 0. The van der Waals surface area contributed by atoms with Gasteiger partial charge in [-0.3, -0.25) is 4.79 Å². The summed E-state index contributed by atoms with van der Waals surface area (Å²) in [6.45, 7) is 2.03. The summed E-state index contributed by atoms with van der Waals surface area (Å²) in [4.78, 5) is 15.3. The molecule has 0 aliphatic rings. The maximum Gasteiger partial charge on any atom is 0.267 e. The Morgan fingerprint density at radius 1 is 1.25 bits per heavy atom. The van der Waals surface area contributed by atoms with Crippen molar-refractivity contribution in [1.29, 1.82) is 0 Å². The Kier molecular flexibility index (Phi) is 4.20. The lowest BCUT2D eigenvalue weighted by atomic mass is 10.1. The second-order valence-electron chi connectivity index (χ2n) is 4.73. The molecule has 2 rings (SSSR count). The maximum absolute atomic E-state index is 11.1. The molecule has 1 aromatic heterocycles. The molecular weight excluding hydrogens is 252 g/mol. The van der Waals surface area contributed by atoms with Crippen molar-refractivity contribution < 1.29 is 4.79 Å². The second-order valence-corrected chi connectivity index (χ2v) is 4.73. The number of anilines is 2. The highest BCUT2D eigenvalue weighted by Gasteiger charge is 2.10. The summed E-state index contributed by atoms with van der Waals surface area (Å²) in [5.41, 5.74) is 13.0. The number of rotatable bonds is 5. The van der Waals surface area contributed by atoms with Crippen LogP contribution in [0, 0.1) is 0 Å². The Morgan fingerprint density at radius 3 is 2.60 bits per heavy atom. The minimum absolute atomic E-state index is 0.135. The molecule has 0 saturated heterocycles. The normalized spacial score (nSPS) is 11.8. The number of nitrogens with one attached hydrogen (secondary N) is 1. The largest absolute Gasteiger partial charge is 0.396 e. The lowest BCUT2D eigenvalue weighted by Gasteiger charge is -2.16. The molecule has 0 fully saturated rings. The van der Waals surface area contributed by atoms with Gasteiger partial charge < -0.3 is 16.8 Å². The number of hydrogen-bond acceptors (Lipinski definition) is 4. The topological polar surface area (TPSA) is 94.0 Å². The van der Waals surface area contributed by atoms with E-state index in [4.69, 9.17) is 11.5 Å². The number of primary amides is 1. The number of nitrogens with two attached hydrogens (primary N) is 2. The molecule has 1 heterocycles. The van der Waals surface area contributed by atoms with Crippen LogP contribution in [0.15, 0.2) is 42.5 Å². The zero-order valence-corrected chi connectivity index (χ0v) is 11.3. The summed E-state index contributed by atoms with van der Waals surface area (Å²) in [6, 6.07) is 13.4. The van der Waals surface area contributed by atoms with Gasteiger partial charge in [0.15, 0.2) is 0 Å². The van der Waals surface area contributed by atoms with Crippen LogP contribution in [0.3, 0.4) is 0 Å². The van der Waals surface area contributed by atoms with E-state index in [9.17, 15) is 4.79 Å². The van der Waals surface area contributed by atoms with Crippen LogP contribution >= 0.6 is 0 Å². The molecule has 0 aliphatic carbocycles. The number of carbonyl (C=O) groups is 1. The first-order valence-electron chi connectivity index (χ1n) is 6.43. The van der Waals surface area contributed by atoms with Crippen LogP contribution < -0.4 is 16.8 Å². The number of nitrogen functional groups attached to an aromatic ring is 1. The molecule has 0 aliphatic heterocycles. The molecule has 1 unspecified atom stereocenters. The van der Waals surface area contributed by atoms with Crippen LogP contribution in [0.4, 0.5) is 11.5 Å². The van der Waals surface area contributed by atoms with Crippen LogP contribution in [0.1, 0.15) is 23.0 Å². The van der Waals surface area contributed by atoms with E-state index in [2.05, 4.69) is 22.4 Å². The molecule has 1 aromatic carbocycles. The number of carbonyl (C=O) groups excluding carboxylic acids is 1. The monoisotopic (exact) mass is 270 g/mol. The van der Waals surface area contributed by atoms with E-state index >= 15 is 0 Å².